The van der Waals surface area contributed by atoms with Crippen LogP contribution in [0, 0.1) is 0 Å². The SMILES string of the molecule is CC(=O)c1ccc(O[Si](C)(C)C)c(Br)c1. The van der Waals surface area contributed by atoms with Gasteiger partial charge in [-0.05, 0) is 60.7 Å². The van der Waals surface area contributed by atoms with E-state index < -0.39 is 8.32 Å². The van der Waals surface area contributed by atoms with Gasteiger partial charge in [-0.15, -0.1) is 0 Å². The molecular formula is C11H15BrO2Si. The molecule has 0 aliphatic heterocycles. The van der Waals surface area contributed by atoms with Crippen molar-refractivity contribution >= 4 is 30.0 Å². The molecule has 0 amide bonds. The fourth-order valence-electron chi connectivity index (χ4n) is 1.13. The van der Waals surface area contributed by atoms with Crippen molar-refractivity contribution in [2.24, 2.45) is 0 Å². The van der Waals surface area contributed by atoms with Gasteiger partial charge in [-0.25, -0.2) is 0 Å². The Morgan fingerprint density at radius 2 is 1.93 bits per heavy atom. The van der Waals surface area contributed by atoms with E-state index in [4.69, 9.17) is 4.43 Å². The summed E-state index contributed by atoms with van der Waals surface area (Å²) in [4.78, 5) is 11.1. The highest BCUT2D eigenvalue weighted by Gasteiger charge is 2.18. The first kappa shape index (κ1) is 12.5. The van der Waals surface area contributed by atoms with Gasteiger partial charge in [-0.1, -0.05) is 0 Å². The van der Waals surface area contributed by atoms with Gasteiger partial charge >= 0.3 is 0 Å². The second-order valence-corrected chi connectivity index (χ2v) is 9.70. The molecule has 0 spiro atoms. The Kier molecular flexibility index (Phi) is 3.73. The summed E-state index contributed by atoms with van der Waals surface area (Å²) in [7, 11) is -1.59. The highest BCUT2D eigenvalue weighted by atomic mass is 79.9. The molecule has 0 radical (unpaired) electrons. The van der Waals surface area contributed by atoms with Crippen LogP contribution in [-0.4, -0.2) is 14.1 Å². The first-order chi connectivity index (χ1) is 6.79. The smallest absolute Gasteiger partial charge is 0.242 e. The van der Waals surface area contributed by atoms with Crippen LogP contribution in [0.2, 0.25) is 19.6 Å². The minimum absolute atomic E-state index is 0.0650. The molecule has 0 N–H and O–H groups in total. The van der Waals surface area contributed by atoms with Crippen molar-refractivity contribution in [1.82, 2.24) is 0 Å². The summed E-state index contributed by atoms with van der Waals surface area (Å²) < 4.78 is 6.69. The summed E-state index contributed by atoms with van der Waals surface area (Å²) in [5, 5.41) is 0. The second-order valence-electron chi connectivity index (χ2n) is 4.42. The van der Waals surface area contributed by atoms with E-state index in [2.05, 4.69) is 35.6 Å². The van der Waals surface area contributed by atoms with E-state index >= 15 is 0 Å². The molecule has 0 aliphatic carbocycles. The van der Waals surface area contributed by atoms with E-state index in [0.29, 0.717) is 5.56 Å². The summed E-state index contributed by atoms with van der Waals surface area (Å²) in [5.74, 6) is 0.884. The Morgan fingerprint density at radius 1 is 1.33 bits per heavy atom. The lowest BCUT2D eigenvalue weighted by molar-refractivity contribution is 0.101. The molecule has 0 saturated heterocycles. The van der Waals surface area contributed by atoms with Gasteiger partial charge in [0.25, 0.3) is 0 Å². The van der Waals surface area contributed by atoms with Gasteiger partial charge in [0.2, 0.25) is 8.32 Å². The Balaban J connectivity index is 2.99. The van der Waals surface area contributed by atoms with E-state index in [1.807, 2.05) is 6.07 Å². The van der Waals surface area contributed by atoms with Crippen LogP contribution in [0.4, 0.5) is 0 Å². The summed E-state index contributed by atoms with van der Waals surface area (Å²) in [5.41, 5.74) is 0.699. The lowest BCUT2D eigenvalue weighted by Crippen LogP contribution is -2.29. The van der Waals surface area contributed by atoms with Crippen molar-refractivity contribution in [2.45, 2.75) is 26.6 Å². The van der Waals surface area contributed by atoms with Crippen LogP contribution in [-0.2, 0) is 0 Å². The average molecular weight is 287 g/mol. The minimum Gasteiger partial charge on any atom is -0.544 e. The van der Waals surface area contributed by atoms with E-state index in [9.17, 15) is 4.79 Å². The van der Waals surface area contributed by atoms with Crippen LogP contribution in [0.3, 0.4) is 0 Å². The third kappa shape index (κ3) is 3.79. The normalized spacial score (nSPS) is 11.3. The standard InChI is InChI=1S/C11H15BrO2Si/c1-8(13)9-5-6-11(10(12)7-9)14-15(2,3)4/h5-7H,1-4H3. The van der Waals surface area contributed by atoms with E-state index in [1.54, 1.807) is 19.1 Å². The molecule has 1 rings (SSSR count). The van der Waals surface area contributed by atoms with Crippen molar-refractivity contribution < 1.29 is 9.22 Å². The maximum atomic E-state index is 11.1. The largest absolute Gasteiger partial charge is 0.544 e. The van der Waals surface area contributed by atoms with Crippen LogP contribution in [0.5, 0.6) is 5.75 Å². The Morgan fingerprint density at radius 3 is 2.33 bits per heavy atom. The van der Waals surface area contributed by atoms with E-state index in [1.165, 1.54) is 0 Å². The minimum atomic E-state index is -1.59. The molecule has 0 atom stereocenters. The Labute approximate surface area is 99.9 Å². The monoisotopic (exact) mass is 286 g/mol. The Bertz CT molecular complexity index is 383. The van der Waals surface area contributed by atoms with Gasteiger partial charge in [0, 0.05) is 5.56 Å². The number of benzene rings is 1. The maximum absolute atomic E-state index is 11.1. The van der Waals surface area contributed by atoms with Crippen LogP contribution >= 0.6 is 15.9 Å². The van der Waals surface area contributed by atoms with Crippen LogP contribution in [0.15, 0.2) is 22.7 Å². The quantitative estimate of drug-likeness (QED) is 0.623. The molecule has 1 aromatic carbocycles. The zero-order valence-electron chi connectivity index (χ0n) is 9.43. The second kappa shape index (κ2) is 4.49. The van der Waals surface area contributed by atoms with Gasteiger partial charge in [0.05, 0.1) is 4.47 Å². The van der Waals surface area contributed by atoms with Crippen LogP contribution < -0.4 is 4.43 Å². The van der Waals surface area contributed by atoms with Crippen molar-refractivity contribution in [2.75, 3.05) is 0 Å². The first-order valence-corrected chi connectivity index (χ1v) is 8.99. The van der Waals surface area contributed by atoms with Gasteiger partial charge in [-0.2, -0.15) is 0 Å². The van der Waals surface area contributed by atoms with Crippen molar-refractivity contribution in [3.8, 4) is 5.75 Å². The molecule has 4 heteroatoms. The number of ketones is 1. The predicted octanol–water partition coefficient (Wildman–Crippen LogP) is 3.87. The number of rotatable bonds is 3. The maximum Gasteiger partial charge on any atom is 0.242 e. The average Bonchev–Trinajstić information content (AvgIpc) is 2.05. The molecule has 0 saturated carbocycles. The molecular weight excluding hydrogens is 272 g/mol. The molecule has 0 fully saturated rings. The van der Waals surface area contributed by atoms with Crippen molar-refractivity contribution in [3.05, 3.63) is 28.2 Å². The summed E-state index contributed by atoms with van der Waals surface area (Å²) >= 11 is 3.41. The van der Waals surface area contributed by atoms with Gasteiger partial charge in [-0.3, -0.25) is 4.79 Å². The highest BCUT2D eigenvalue weighted by Crippen LogP contribution is 2.28. The number of hydrogen-bond acceptors (Lipinski definition) is 2. The number of hydrogen-bond donors (Lipinski definition) is 0. The lowest BCUT2D eigenvalue weighted by atomic mass is 10.1. The predicted molar refractivity (Wildman–Crippen MR) is 68.1 cm³/mol. The summed E-state index contributed by atoms with van der Waals surface area (Å²) in [6.45, 7) is 7.93. The lowest BCUT2D eigenvalue weighted by Gasteiger charge is -2.20. The molecule has 15 heavy (non-hydrogen) atoms. The van der Waals surface area contributed by atoms with Gasteiger partial charge < -0.3 is 4.43 Å². The fourth-order valence-corrected chi connectivity index (χ4v) is 2.58. The zero-order chi connectivity index (χ0) is 11.6. The van der Waals surface area contributed by atoms with E-state index in [-0.39, 0.29) is 5.78 Å². The molecule has 0 aromatic heterocycles. The highest BCUT2D eigenvalue weighted by molar-refractivity contribution is 9.10. The first-order valence-electron chi connectivity index (χ1n) is 4.79. The van der Waals surface area contributed by atoms with Gasteiger partial charge in [0.1, 0.15) is 5.75 Å². The number of carbonyl (C=O) groups is 1. The Hall–Kier alpha value is -0.613. The molecule has 0 unspecified atom stereocenters. The third-order valence-corrected chi connectivity index (χ3v) is 3.21. The number of carbonyl (C=O) groups excluding carboxylic acids is 1. The summed E-state index contributed by atoms with van der Waals surface area (Å²) in [6, 6.07) is 5.44. The molecule has 82 valence electrons. The molecule has 1 aromatic rings. The molecule has 0 bridgehead atoms. The molecule has 0 heterocycles. The number of Topliss-reactive ketones (excluding diaryl/α,β-unsaturated/α-hetero) is 1. The molecule has 2 nitrogen and oxygen atoms in total. The summed E-state index contributed by atoms with van der Waals surface area (Å²) in [6.07, 6.45) is 0. The van der Waals surface area contributed by atoms with Crippen LogP contribution in [0.25, 0.3) is 0 Å². The van der Waals surface area contributed by atoms with Crippen molar-refractivity contribution in [3.63, 3.8) is 0 Å². The number of halogens is 1. The van der Waals surface area contributed by atoms with Crippen molar-refractivity contribution in [1.29, 1.82) is 0 Å². The third-order valence-electron chi connectivity index (χ3n) is 1.75. The topological polar surface area (TPSA) is 26.3 Å². The fraction of sp³-hybridized carbons (Fsp3) is 0.364. The van der Waals surface area contributed by atoms with Gasteiger partial charge in [0.15, 0.2) is 5.78 Å². The van der Waals surface area contributed by atoms with E-state index in [0.717, 1.165) is 10.2 Å². The zero-order valence-corrected chi connectivity index (χ0v) is 12.0. The van der Waals surface area contributed by atoms with Crippen LogP contribution in [0.1, 0.15) is 17.3 Å². The molecule has 0 aliphatic rings.